The van der Waals surface area contributed by atoms with Crippen LogP contribution in [0.3, 0.4) is 0 Å². The van der Waals surface area contributed by atoms with E-state index in [1.807, 2.05) is 0 Å². The second-order valence-electron chi connectivity index (χ2n) is 7.46. The number of carbonyl (C=O) groups is 4. The summed E-state index contributed by atoms with van der Waals surface area (Å²) in [5.74, 6) is -4.03. The number of hydrogen-bond donors (Lipinski definition) is 1. The molecule has 1 fully saturated rings. The molecule has 0 saturated carbocycles. The average molecular weight is 499 g/mol. The molecule has 5 unspecified atom stereocenters. The van der Waals surface area contributed by atoms with Gasteiger partial charge in [0.15, 0.2) is 18.3 Å². The lowest BCUT2D eigenvalue weighted by Gasteiger charge is -2.43. The van der Waals surface area contributed by atoms with Crippen molar-refractivity contribution >= 4 is 29.6 Å². The fourth-order valence-corrected chi connectivity index (χ4v) is 3.50. The summed E-state index contributed by atoms with van der Waals surface area (Å²) >= 11 is 0. The molecular formula is C21H25NO13. The van der Waals surface area contributed by atoms with Crippen LogP contribution in [0.25, 0.3) is 0 Å². The average Bonchev–Trinajstić information content (AvgIpc) is 2.76. The highest BCUT2D eigenvalue weighted by atomic mass is 16.7. The monoisotopic (exact) mass is 499 g/mol. The molecule has 0 bridgehead atoms. The first kappa shape index (κ1) is 27.5. The summed E-state index contributed by atoms with van der Waals surface area (Å²) in [6, 6.07) is 2.48. The van der Waals surface area contributed by atoms with E-state index in [4.69, 9.17) is 28.4 Å². The van der Waals surface area contributed by atoms with Crippen LogP contribution in [-0.2, 0) is 49.5 Å². The molecule has 35 heavy (non-hydrogen) atoms. The quantitative estimate of drug-likeness (QED) is 0.225. The Kier molecular flexibility index (Phi) is 9.08. The van der Waals surface area contributed by atoms with E-state index >= 15 is 0 Å². The number of nitrogens with zero attached hydrogens (tertiary/aromatic N) is 1. The van der Waals surface area contributed by atoms with Gasteiger partial charge in [0.05, 0.1) is 18.6 Å². The number of aliphatic hydroxyl groups is 1. The van der Waals surface area contributed by atoms with E-state index in [1.54, 1.807) is 0 Å². The highest BCUT2D eigenvalue weighted by Crippen LogP contribution is 2.37. The molecule has 0 amide bonds. The van der Waals surface area contributed by atoms with Crippen molar-refractivity contribution in [3.05, 3.63) is 33.4 Å². The first-order valence-electron chi connectivity index (χ1n) is 10.2. The van der Waals surface area contributed by atoms with Crippen LogP contribution in [-0.4, -0.2) is 71.7 Å². The lowest BCUT2D eigenvalue weighted by molar-refractivity contribution is -0.387. The molecule has 0 spiro atoms. The molecule has 2 rings (SSSR count). The van der Waals surface area contributed by atoms with Crippen molar-refractivity contribution in [2.45, 2.75) is 65.0 Å². The Morgan fingerprint density at radius 1 is 1.00 bits per heavy atom. The van der Waals surface area contributed by atoms with Crippen LogP contribution in [0.5, 0.6) is 5.75 Å². The Labute approximate surface area is 199 Å². The summed E-state index contributed by atoms with van der Waals surface area (Å²) in [4.78, 5) is 58.8. The van der Waals surface area contributed by atoms with Crippen molar-refractivity contribution in [2.24, 2.45) is 0 Å². The van der Waals surface area contributed by atoms with Gasteiger partial charge in [-0.2, -0.15) is 0 Å². The summed E-state index contributed by atoms with van der Waals surface area (Å²) in [6.07, 6.45) is -8.32. The van der Waals surface area contributed by atoms with E-state index in [2.05, 4.69) is 0 Å². The molecule has 1 N–H and O–H groups in total. The molecule has 14 heteroatoms. The highest BCUT2D eigenvalue weighted by molar-refractivity contribution is 5.77. The number of nitro benzene ring substituents is 1. The molecule has 0 aromatic heterocycles. The predicted molar refractivity (Wildman–Crippen MR) is 112 cm³/mol. The lowest BCUT2D eigenvalue weighted by atomic mass is 9.97. The predicted octanol–water partition coefficient (Wildman–Crippen LogP) is 0.467. The van der Waals surface area contributed by atoms with E-state index in [0.29, 0.717) is 0 Å². The number of aryl methyl sites for hydroxylation is 1. The zero-order valence-corrected chi connectivity index (χ0v) is 19.5. The second kappa shape index (κ2) is 11.6. The SMILES string of the molecule is COC(=O)C1OC(Oc2c(C)cc(CO)cc2[N+](=O)[O-])C(OC(C)=O)C(OC(C)=O)C1OC(C)=O. The van der Waals surface area contributed by atoms with Gasteiger partial charge in [0, 0.05) is 26.8 Å². The maximum Gasteiger partial charge on any atom is 0.339 e. The number of esters is 4. The number of aliphatic hydroxyl groups excluding tert-OH is 1. The van der Waals surface area contributed by atoms with E-state index in [1.165, 1.54) is 13.0 Å². The number of rotatable bonds is 8. The number of hydrogen-bond acceptors (Lipinski definition) is 13. The van der Waals surface area contributed by atoms with Gasteiger partial charge >= 0.3 is 29.6 Å². The summed E-state index contributed by atoms with van der Waals surface area (Å²) in [5.41, 5.74) is -0.128. The standard InChI is InChI=1S/C21H25NO13/c1-9-6-13(8-23)7-14(22(28)29)15(9)34-21-19(33-12(4)26)17(32-11(3)25)16(31-10(2)24)18(35-21)20(27)30-5/h6-7,16-19,21,23H,8H2,1-5H3. The van der Waals surface area contributed by atoms with Gasteiger partial charge in [0.1, 0.15) is 0 Å². The maximum absolute atomic E-state index is 12.5. The normalized spacial score (nSPS) is 23.5. The Morgan fingerprint density at radius 3 is 2.03 bits per heavy atom. The van der Waals surface area contributed by atoms with Crippen molar-refractivity contribution < 1.29 is 57.6 Å². The Bertz CT molecular complexity index is 1010. The fraction of sp³-hybridized carbons (Fsp3) is 0.524. The van der Waals surface area contributed by atoms with Gasteiger partial charge in [-0.1, -0.05) is 0 Å². The van der Waals surface area contributed by atoms with Gasteiger partial charge in [-0.3, -0.25) is 24.5 Å². The van der Waals surface area contributed by atoms with Crippen molar-refractivity contribution in [3.8, 4) is 5.75 Å². The van der Waals surface area contributed by atoms with Gasteiger partial charge in [-0.05, 0) is 24.1 Å². The van der Waals surface area contributed by atoms with Gasteiger partial charge < -0.3 is 33.5 Å². The number of ether oxygens (including phenoxy) is 6. The van der Waals surface area contributed by atoms with Crippen LogP contribution in [0, 0.1) is 17.0 Å². The highest BCUT2D eigenvalue weighted by Gasteiger charge is 2.56. The minimum absolute atomic E-state index is 0.203. The van der Waals surface area contributed by atoms with Crippen LogP contribution in [0.15, 0.2) is 12.1 Å². The molecule has 1 heterocycles. The van der Waals surface area contributed by atoms with Crippen LogP contribution in [0.1, 0.15) is 31.9 Å². The Morgan fingerprint density at radius 2 is 1.54 bits per heavy atom. The molecule has 1 aromatic rings. The molecule has 1 saturated heterocycles. The summed E-state index contributed by atoms with van der Waals surface area (Å²) in [7, 11) is 1.02. The third-order valence-corrected chi connectivity index (χ3v) is 4.76. The van der Waals surface area contributed by atoms with Crippen LogP contribution in [0.4, 0.5) is 5.69 Å². The van der Waals surface area contributed by atoms with Crippen molar-refractivity contribution in [2.75, 3.05) is 7.11 Å². The van der Waals surface area contributed by atoms with E-state index in [-0.39, 0.29) is 16.9 Å². The maximum atomic E-state index is 12.5. The summed E-state index contributed by atoms with van der Waals surface area (Å²) in [5, 5.41) is 21.0. The fourth-order valence-electron chi connectivity index (χ4n) is 3.50. The molecule has 14 nitrogen and oxygen atoms in total. The molecule has 1 aliphatic rings. The van der Waals surface area contributed by atoms with Crippen LogP contribution < -0.4 is 4.74 Å². The molecule has 192 valence electrons. The van der Waals surface area contributed by atoms with Gasteiger partial charge in [0.25, 0.3) is 0 Å². The van der Waals surface area contributed by atoms with Crippen molar-refractivity contribution in [3.63, 3.8) is 0 Å². The molecule has 1 aliphatic heterocycles. The van der Waals surface area contributed by atoms with Crippen LogP contribution >= 0.6 is 0 Å². The zero-order valence-electron chi connectivity index (χ0n) is 19.5. The molecular weight excluding hydrogens is 474 g/mol. The minimum Gasteiger partial charge on any atom is -0.467 e. The number of benzene rings is 1. The lowest BCUT2D eigenvalue weighted by Crippen LogP contribution is -2.64. The molecule has 1 aromatic carbocycles. The summed E-state index contributed by atoms with van der Waals surface area (Å²) < 4.78 is 31.6. The van der Waals surface area contributed by atoms with Crippen molar-refractivity contribution in [1.82, 2.24) is 0 Å². The topological polar surface area (TPSA) is 187 Å². The third-order valence-electron chi connectivity index (χ3n) is 4.76. The number of methoxy groups -OCH3 is 1. The zero-order chi connectivity index (χ0) is 26.4. The van der Waals surface area contributed by atoms with Crippen molar-refractivity contribution in [1.29, 1.82) is 0 Å². The number of carbonyl (C=O) groups excluding carboxylic acids is 4. The first-order chi connectivity index (χ1) is 16.4. The van der Waals surface area contributed by atoms with E-state index < -0.39 is 71.8 Å². The minimum atomic E-state index is -1.75. The van der Waals surface area contributed by atoms with Gasteiger partial charge in [-0.15, -0.1) is 0 Å². The first-order valence-corrected chi connectivity index (χ1v) is 10.2. The summed E-state index contributed by atoms with van der Waals surface area (Å²) in [6.45, 7) is 4.04. The molecule has 5 atom stereocenters. The largest absolute Gasteiger partial charge is 0.467 e. The Balaban J connectivity index is 2.64. The van der Waals surface area contributed by atoms with E-state index in [0.717, 1.165) is 33.9 Å². The van der Waals surface area contributed by atoms with Gasteiger partial charge in [-0.25, -0.2) is 4.79 Å². The van der Waals surface area contributed by atoms with Gasteiger partial charge in [0.2, 0.25) is 18.1 Å². The third kappa shape index (κ3) is 6.64. The Hall–Kier alpha value is -3.78. The molecule has 0 radical (unpaired) electrons. The molecule has 0 aliphatic carbocycles. The second-order valence-corrected chi connectivity index (χ2v) is 7.46. The smallest absolute Gasteiger partial charge is 0.339 e. The number of nitro groups is 1. The van der Waals surface area contributed by atoms with Crippen LogP contribution in [0.2, 0.25) is 0 Å². The van der Waals surface area contributed by atoms with E-state index in [9.17, 15) is 34.4 Å².